The first-order valence-electron chi connectivity index (χ1n) is 13.2. The molecule has 1 atom stereocenters. The summed E-state index contributed by atoms with van der Waals surface area (Å²) in [5.74, 6) is -0.0454. The molecule has 1 aliphatic rings. The van der Waals surface area contributed by atoms with E-state index in [1.807, 2.05) is 36.4 Å². The van der Waals surface area contributed by atoms with Crippen molar-refractivity contribution in [2.45, 2.75) is 38.1 Å². The standard InChI is InChI=1S/C29H32N8O2/c30-17-20-5-9-23(10-6-20)28(38)37(25-13-11-22(12-14-25)27-33-35-36-34-27)29(39)26(31)16-19-3-7-21(8-4-19)24-2-1-15-32-18-24/h1-4,7-8,11-15,18,20,23,26H,5-6,9-10,16-17,30-31H2,(H,33,34,35,36)/t20-,23-,26?. The second-order valence-corrected chi connectivity index (χ2v) is 10.00. The third kappa shape index (κ3) is 6.08. The lowest BCUT2D eigenvalue weighted by Gasteiger charge is -2.32. The van der Waals surface area contributed by atoms with Gasteiger partial charge in [-0.25, -0.2) is 4.90 Å². The molecule has 1 unspecified atom stereocenters. The Morgan fingerprint density at radius 2 is 1.67 bits per heavy atom. The Morgan fingerprint density at radius 1 is 0.949 bits per heavy atom. The number of hydrogen-bond donors (Lipinski definition) is 3. The molecule has 0 radical (unpaired) electrons. The number of nitrogens with zero attached hydrogens (tertiary/aromatic N) is 5. The average molecular weight is 525 g/mol. The van der Waals surface area contributed by atoms with Crippen LogP contribution in [-0.4, -0.2) is 50.0 Å². The smallest absolute Gasteiger partial charge is 0.251 e. The average Bonchev–Trinajstić information content (AvgIpc) is 3.54. The fourth-order valence-corrected chi connectivity index (χ4v) is 5.11. The van der Waals surface area contributed by atoms with Gasteiger partial charge in [-0.2, -0.15) is 5.21 Å². The molecule has 10 nitrogen and oxygen atoms in total. The van der Waals surface area contributed by atoms with Gasteiger partial charge in [0.05, 0.1) is 11.7 Å². The van der Waals surface area contributed by atoms with Crippen molar-refractivity contribution < 1.29 is 9.59 Å². The molecule has 200 valence electrons. The number of hydrogen-bond acceptors (Lipinski definition) is 8. The zero-order chi connectivity index (χ0) is 27.2. The molecule has 0 saturated heterocycles. The Morgan fingerprint density at radius 3 is 2.28 bits per heavy atom. The Bertz CT molecular complexity index is 1370. The minimum Gasteiger partial charge on any atom is -0.330 e. The zero-order valence-electron chi connectivity index (χ0n) is 21.6. The van der Waals surface area contributed by atoms with Gasteiger partial charge in [0.1, 0.15) is 0 Å². The minimum absolute atomic E-state index is 0.217. The number of rotatable bonds is 8. The number of H-pyrrole nitrogens is 1. The lowest BCUT2D eigenvalue weighted by Crippen LogP contribution is -2.50. The molecule has 2 amide bonds. The second-order valence-electron chi connectivity index (χ2n) is 10.00. The molecular formula is C29H32N8O2. The summed E-state index contributed by atoms with van der Waals surface area (Å²) in [4.78, 5) is 33.0. The molecule has 5 N–H and O–H groups in total. The van der Waals surface area contributed by atoms with E-state index in [1.165, 1.54) is 4.90 Å². The van der Waals surface area contributed by atoms with Crippen LogP contribution >= 0.6 is 0 Å². The highest BCUT2D eigenvalue weighted by atomic mass is 16.2. The van der Waals surface area contributed by atoms with Gasteiger partial charge in [-0.15, -0.1) is 10.2 Å². The van der Waals surface area contributed by atoms with Crippen LogP contribution in [0, 0.1) is 11.8 Å². The molecule has 0 aliphatic heterocycles. The van der Waals surface area contributed by atoms with Crippen LogP contribution in [0.15, 0.2) is 73.1 Å². The first-order chi connectivity index (χ1) is 19.0. The largest absolute Gasteiger partial charge is 0.330 e. The number of carbonyl (C=O) groups is 2. The molecule has 5 rings (SSSR count). The molecule has 2 heterocycles. The molecule has 0 spiro atoms. The first kappa shape index (κ1) is 26.3. The molecule has 10 heteroatoms. The van der Waals surface area contributed by atoms with Gasteiger partial charge in [-0.05, 0) is 96.8 Å². The van der Waals surface area contributed by atoms with Crippen LogP contribution in [0.4, 0.5) is 5.69 Å². The van der Waals surface area contributed by atoms with Crippen LogP contribution < -0.4 is 16.4 Å². The SMILES string of the molecule is NC[C@H]1CC[C@H](C(=O)N(C(=O)C(N)Cc2ccc(-c3cccnc3)cc2)c2ccc(-c3nn[nH]n3)cc2)CC1. The van der Waals surface area contributed by atoms with Crippen LogP contribution in [0.5, 0.6) is 0 Å². The number of benzene rings is 2. The second kappa shape index (κ2) is 12.1. The quantitative estimate of drug-likeness (QED) is 0.317. The molecule has 1 fully saturated rings. The molecular weight excluding hydrogens is 492 g/mol. The molecule has 0 bridgehead atoms. The third-order valence-corrected chi connectivity index (χ3v) is 7.42. The fraction of sp³-hybridized carbons (Fsp3) is 0.310. The van der Waals surface area contributed by atoms with Gasteiger partial charge in [0, 0.05) is 23.9 Å². The number of aromatic nitrogens is 5. The van der Waals surface area contributed by atoms with Crippen LogP contribution in [0.1, 0.15) is 31.2 Å². The number of amides is 2. The third-order valence-electron chi connectivity index (χ3n) is 7.42. The van der Waals surface area contributed by atoms with Crippen molar-refractivity contribution in [1.29, 1.82) is 0 Å². The summed E-state index contributed by atoms with van der Waals surface area (Å²) in [6.07, 6.45) is 7.00. The number of tetrazole rings is 1. The van der Waals surface area contributed by atoms with E-state index >= 15 is 0 Å². The monoisotopic (exact) mass is 524 g/mol. The van der Waals surface area contributed by atoms with Gasteiger partial charge in [0.15, 0.2) is 0 Å². The number of carbonyl (C=O) groups excluding carboxylic acids is 2. The van der Waals surface area contributed by atoms with Crippen LogP contribution in [0.2, 0.25) is 0 Å². The van der Waals surface area contributed by atoms with Crippen LogP contribution in [0.3, 0.4) is 0 Å². The lowest BCUT2D eigenvalue weighted by atomic mass is 9.81. The molecule has 1 saturated carbocycles. The van der Waals surface area contributed by atoms with Crippen molar-refractivity contribution in [3.8, 4) is 22.5 Å². The summed E-state index contributed by atoms with van der Waals surface area (Å²) >= 11 is 0. The van der Waals surface area contributed by atoms with E-state index in [0.717, 1.165) is 29.5 Å². The Hall–Kier alpha value is -4.28. The van der Waals surface area contributed by atoms with Crippen LogP contribution in [0.25, 0.3) is 22.5 Å². The van der Waals surface area contributed by atoms with Gasteiger partial charge in [0.2, 0.25) is 11.7 Å². The number of imide groups is 1. The van der Waals surface area contributed by atoms with Crippen molar-refractivity contribution in [3.05, 3.63) is 78.6 Å². The number of aromatic amines is 1. The minimum atomic E-state index is -0.893. The van der Waals surface area contributed by atoms with Gasteiger partial charge in [0.25, 0.3) is 5.91 Å². The molecule has 2 aromatic heterocycles. The predicted molar refractivity (Wildman–Crippen MR) is 148 cm³/mol. The van der Waals surface area contributed by atoms with Gasteiger partial charge in [-0.3, -0.25) is 14.6 Å². The van der Waals surface area contributed by atoms with Gasteiger partial charge < -0.3 is 11.5 Å². The normalized spacial score (nSPS) is 17.9. The maximum Gasteiger partial charge on any atom is 0.251 e. The van der Waals surface area contributed by atoms with E-state index < -0.39 is 11.9 Å². The molecule has 4 aromatic rings. The van der Waals surface area contributed by atoms with Crippen molar-refractivity contribution in [2.24, 2.45) is 23.3 Å². The molecule has 2 aromatic carbocycles. The summed E-state index contributed by atoms with van der Waals surface area (Å²) in [5, 5.41) is 14.0. The highest BCUT2D eigenvalue weighted by molar-refractivity contribution is 6.17. The lowest BCUT2D eigenvalue weighted by molar-refractivity contribution is -0.130. The highest BCUT2D eigenvalue weighted by Gasteiger charge is 2.35. The summed E-state index contributed by atoms with van der Waals surface area (Å²) < 4.78 is 0. The first-order valence-corrected chi connectivity index (χ1v) is 13.2. The van der Waals surface area contributed by atoms with E-state index in [0.29, 0.717) is 48.8 Å². The van der Waals surface area contributed by atoms with Crippen molar-refractivity contribution in [1.82, 2.24) is 25.6 Å². The molecule has 1 aliphatic carbocycles. The summed E-state index contributed by atoms with van der Waals surface area (Å²) in [7, 11) is 0. The molecule has 39 heavy (non-hydrogen) atoms. The maximum absolute atomic E-state index is 13.8. The van der Waals surface area contributed by atoms with Crippen molar-refractivity contribution >= 4 is 17.5 Å². The predicted octanol–water partition coefficient (Wildman–Crippen LogP) is 3.12. The summed E-state index contributed by atoms with van der Waals surface area (Å²) in [5.41, 5.74) is 16.4. The zero-order valence-corrected chi connectivity index (χ0v) is 21.6. The Labute approximate surface area is 226 Å². The van der Waals surface area contributed by atoms with E-state index in [4.69, 9.17) is 11.5 Å². The van der Waals surface area contributed by atoms with E-state index in [9.17, 15) is 9.59 Å². The summed E-state index contributed by atoms with van der Waals surface area (Å²) in [6.45, 7) is 0.617. The number of nitrogens with one attached hydrogen (secondary N) is 1. The Balaban J connectivity index is 1.36. The topological polar surface area (TPSA) is 157 Å². The van der Waals surface area contributed by atoms with E-state index in [-0.39, 0.29) is 11.8 Å². The van der Waals surface area contributed by atoms with Crippen LogP contribution in [-0.2, 0) is 16.0 Å². The van der Waals surface area contributed by atoms with Crippen molar-refractivity contribution in [3.63, 3.8) is 0 Å². The van der Waals surface area contributed by atoms with Gasteiger partial charge in [-0.1, -0.05) is 30.3 Å². The van der Waals surface area contributed by atoms with E-state index in [1.54, 1.807) is 36.7 Å². The van der Waals surface area contributed by atoms with Gasteiger partial charge >= 0.3 is 0 Å². The number of pyridine rings is 1. The number of anilines is 1. The summed E-state index contributed by atoms with van der Waals surface area (Å²) in [6, 6.07) is 17.8. The highest BCUT2D eigenvalue weighted by Crippen LogP contribution is 2.32. The fourth-order valence-electron chi connectivity index (χ4n) is 5.11. The van der Waals surface area contributed by atoms with Crippen molar-refractivity contribution in [2.75, 3.05) is 11.4 Å². The maximum atomic E-state index is 13.8. The Kier molecular flexibility index (Phi) is 8.14. The van der Waals surface area contributed by atoms with E-state index in [2.05, 4.69) is 25.6 Å². The number of nitrogens with two attached hydrogens (primary N) is 2.